The van der Waals surface area contributed by atoms with Crippen LogP contribution in [0.25, 0.3) is 0 Å². The number of aryl methyl sites for hydroxylation is 1. The minimum atomic E-state index is -0.258. The molecule has 4 nitrogen and oxygen atoms in total. The Labute approximate surface area is 151 Å². The Balaban J connectivity index is 1.94. The summed E-state index contributed by atoms with van der Waals surface area (Å²) < 4.78 is 6.06. The van der Waals surface area contributed by atoms with Crippen LogP contribution in [0.4, 0.5) is 5.69 Å². The number of carbonyl (C=O) groups is 1. The maximum Gasteiger partial charge on any atom is 0.262 e. The van der Waals surface area contributed by atoms with Crippen LogP contribution in [0.2, 0.25) is 0 Å². The second-order valence-electron chi connectivity index (χ2n) is 6.73. The van der Waals surface area contributed by atoms with Gasteiger partial charge in [-0.25, -0.2) is 0 Å². The Morgan fingerprint density at radius 3 is 2.38 bits per heavy atom. The van der Waals surface area contributed by atoms with Gasteiger partial charge in [0.2, 0.25) is 0 Å². The van der Waals surface area contributed by atoms with E-state index in [1.165, 1.54) is 5.56 Å². The first-order valence-corrected chi connectivity index (χ1v) is 8.48. The largest absolute Gasteiger partial charge is 0.506 e. The molecule has 1 amide bonds. The standard InChI is InChI=1S/C19H22BrNO3/c1-12-9-14(10-16(20)18(12)23)21-17(22)11-24-15-7-5-13(6-8-15)19(2,3)4/h5-10,23H,11H2,1-4H3,(H,21,22). The third-order valence-electron chi connectivity index (χ3n) is 3.63. The maximum absolute atomic E-state index is 12.0. The third-order valence-corrected chi connectivity index (χ3v) is 4.23. The highest BCUT2D eigenvalue weighted by molar-refractivity contribution is 9.10. The van der Waals surface area contributed by atoms with Gasteiger partial charge in [0.1, 0.15) is 11.5 Å². The smallest absolute Gasteiger partial charge is 0.262 e. The van der Waals surface area contributed by atoms with Crippen molar-refractivity contribution in [2.24, 2.45) is 0 Å². The van der Waals surface area contributed by atoms with Crippen LogP contribution in [0.1, 0.15) is 31.9 Å². The molecule has 0 spiro atoms. The first kappa shape index (κ1) is 18.3. The molecule has 0 aliphatic rings. The second kappa shape index (κ2) is 7.26. The Hall–Kier alpha value is -2.01. The lowest BCUT2D eigenvalue weighted by atomic mass is 9.87. The van der Waals surface area contributed by atoms with E-state index in [2.05, 4.69) is 42.0 Å². The lowest BCUT2D eigenvalue weighted by Gasteiger charge is -2.19. The highest BCUT2D eigenvalue weighted by atomic mass is 79.9. The Bertz CT molecular complexity index is 710. The lowest BCUT2D eigenvalue weighted by molar-refractivity contribution is -0.118. The molecule has 2 N–H and O–H groups in total. The quantitative estimate of drug-likeness (QED) is 0.737. The van der Waals surface area contributed by atoms with E-state index in [0.29, 0.717) is 21.5 Å². The monoisotopic (exact) mass is 391 g/mol. The molecule has 0 aromatic heterocycles. The van der Waals surface area contributed by atoms with Crippen LogP contribution in [-0.2, 0) is 10.2 Å². The Kier molecular flexibility index (Phi) is 5.54. The second-order valence-corrected chi connectivity index (χ2v) is 7.59. The first-order chi connectivity index (χ1) is 11.2. The molecule has 0 aliphatic carbocycles. The van der Waals surface area contributed by atoms with E-state index in [9.17, 15) is 9.90 Å². The van der Waals surface area contributed by atoms with Gasteiger partial charge in [-0.05, 0) is 63.7 Å². The average molecular weight is 392 g/mol. The first-order valence-electron chi connectivity index (χ1n) is 7.69. The number of nitrogens with one attached hydrogen (secondary N) is 1. The number of hydrogen-bond acceptors (Lipinski definition) is 3. The van der Waals surface area contributed by atoms with E-state index >= 15 is 0 Å². The van der Waals surface area contributed by atoms with Crippen molar-refractivity contribution in [2.45, 2.75) is 33.1 Å². The summed E-state index contributed by atoms with van der Waals surface area (Å²) in [6.45, 7) is 8.13. The van der Waals surface area contributed by atoms with Crippen LogP contribution in [-0.4, -0.2) is 17.6 Å². The van der Waals surface area contributed by atoms with E-state index in [4.69, 9.17) is 4.74 Å². The summed E-state index contributed by atoms with van der Waals surface area (Å²) >= 11 is 3.25. The lowest BCUT2D eigenvalue weighted by Crippen LogP contribution is -2.20. The van der Waals surface area contributed by atoms with Gasteiger partial charge in [0, 0.05) is 5.69 Å². The van der Waals surface area contributed by atoms with Gasteiger partial charge in [0.05, 0.1) is 4.47 Å². The number of rotatable bonds is 4. The summed E-state index contributed by atoms with van der Waals surface area (Å²) in [6.07, 6.45) is 0. The normalized spacial score (nSPS) is 11.2. The van der Waals surface area contributed by atoms with Gasteiger partial charge in [-0.2, -0.15) is 0 Å². The van der Waals surface area contributed by atoms with Gasteiger partial charge < -0.3 is 15.2 Å². The van der Waals surface area contributed by atoms with Gasteiger partial charge >= 0.3 is 0 Å². The van der Waals surface area contributed by atoms with Crippen LogP contribution in [0.5, 0.6) is 11.5 Å². The number of amides is 1. The summed E-state index contributed by atoms with van der Waals surface area (Å²) in [5.74, 6) is 0.566. The molecular weight excluding hydrogens is 370 g/mol. The molecule has 128 valence electrons. The minimum Gasteiger partial charge on any atom is -0.506 e. The van der Waals surface area contributed by atoms with E-state index in [0.717, 1.165) is 0 Å². The zero-order valence-corrected chi connectivity index (χ0v) is 15.9. The molecule has 0 aliphatic heterocycles. The SMILES string of the molecule is Cc1cc(NC(=O)COc2ccc(C(C)(C)C)cc2)cc(Br)c1O. The summed E-state index contributed by atoms with van der Waals surface area (Å²) in [6, 6.07) is 11.1. The number of phenolic OH excluding ortho intramolecular Hbond substituents is 1. The molecule has 0 saturated heterocycles. The zero-order chi connectivity index (χ0) is 17.9. The number of carbonyl (C=O) groups excluding carboxylic acids is 1. The van der Waals surface area contributed by atoms with Gasteiger partial charge in [-0.15, -0.1) is 0 Å². The zero-order valence-electron chi connectivity index (χ0n) is 14.3. The highest BCUT2D eigenvalue weighted by Crippen LogP contribution is 2.31. The fraction of sp³-hybridized carbons (Fsp3) is 0.316. The van der Waals surface area contributed by atoms with Crippen LogP contribution >= 0.6 is 15.9 Å². The molecule has 2 aromatic carbocycles. The number of anilines is 1. The van der Waals surface area contributed by atoms with Gasteiger partial charge in [-0.3, -0.25) is 4.79 Å². The van der Waals surface area contributed by atoms with Gasteiger partial charge in [0.25, 0.3) is 5.91 Å². The molecule has 24 heavy (non-hydrogen) atoms. The molecule has 0 unspecified atom stereocenters. The molecule has 0 heterocycles. The van der Waals surface area contributed by atoms with E-state index in [1.807, 2.05) is 24.3 Å². The van der Waals surface area contributed by atoms with E-state index in [1.54, 1.807) is 19.1 Å². The van der Waals surface area contributed by atoms with Gasteiger partial charge in [-0.1, -0.05) is 32.9 Å². The van der Waals surface area contributed by atoms with E-state index < -0.39 is 0 Å². The fourth-order valence-electron chi connectivity index (χ4n) is 2.21. The number of phenols is 1. The van der Waals surface area contributed by atoms with Crippen molar-refractivity contribution in [1.29, 1.82) is 0 Å². The molecule has 2 rings (SSSR count). The van der Waals surface area contributed by atoms with Crippen LogP contribution in [0.3, 0.4) is 0 Å². The van der Waals surface area contributed by atoms with Crippen molar-refractivity contribution >= 4 is 27.5 Å². The molecule has 0 atom stereocenters. The average Bonchev–Trinajstić information content (AvgIpc) is 2.50. The van der Waals surface area contributed by atoms with Crippen molar-refractivity contribution in [3.05, 3.63) is 52.0 Å². The van der Waals surface area contributed by atoms with E-state index in [-0.39, 0.29) is 23.7 Å². The Morgan fingerprint density at radius 2 is 1.83 bits per heavy atom. The molecule has 0 bridgehead atoms. The molecule has 0 fully saturated rings. The van der Waals surface area contributed by atoms with Crippen molar-refractivity contribution in [1.82, 2.24) is 0 Å². The number of ether oxygens (including phenoxy) is 1. The van der Waals surface area contributed by atoms with Crippen LogP contribution in [0, 0.1) is 6.92 Å². The van der Waals surface area contributed by atoms with Crippen molar-refractivity contribution in [3.8, 4) is 11.5 Å². The number of halogens is 1. The van der Waals surface area contributed by atoms with Crippen molar-refractivity contribution in [2.75, 3.05) is 11.9 Å². The molecule has 0 saturated carbocycles. The molecule has 0 radical (unpaired) electrons. The molecular formula is C19H22BrNO3. The highest BCUT2D eigenvalue weighted by Gasteiger charge is 2.13. The summed E-state index contributed by atoms with van der Waals surface area (Å²) in [5, 5.41) is 12.5. The van der Waals surface area contributed by atoms with Crippen LogP contribution < -0.4 is 10.1 Å². The maximum atomic E-state index is 12.0. The van der Waals surface area contributed by atoms with Crippen molar-refractivity contribution < 1.29 is 14.6 Å². The molecule has 2 aromatic rings. The predicted molar refractivity (Wildman–Crippen MR) is 99.8 cm³/mol. The fourth-order valence-corrected chi connectivity index (χ4v) is 2.77. The van der Waals surface area contributed by atoms with Crippen LogP contribution in [0.15, 0.2) is 40.9 Å². The third kappa shape index (κ3) is 4.74. The number of benzene rings is 2. The summed E-state index contributed by atoms with van der Waals surface area (Å²) in [7, 11) is 0. The number of aromatic hydroxyl groups is 1. The Morgan fingerprint density at radius 1 is 1.21 bits per heavy atom. The number of hydrogen-bond donors (Lipinski definition) is 2. The van der Waals surface area contributed by atoms with Gasteiger partial charge in [0.15, 0.2) is 6.61 Å². The molecule has 5 heteroatoms. The topological polar surface area (TPSA) is 58.6 Å². The summed E-state index contributed by atoms with van der Waals surface area (Å²) in [4.78, 5) is 12.0. The predicted octanol–water partition coefficient (Wildman–Crippen LogP) is 4.78. The summed E-state index contributed by atoms with van der Waals surface area (Å²) in [5.41, 5.74) is 2.58. The minimum absolute atomic E-state index is 0.0770. The van der Waals surface area contributed by atoms with Crippen molar-refractivity contribution in [3.63, 3.8) is 0 Å².